The number of nitrogens with one attached hydrogen (secondary N) is 2. The second-order valence-electron chi connectivity index (χ2n) is 6.43. The van der Waals surface area contributed by atoms with Crippen LogP contribution in [-0.2, 0) is 4.74 Å². The summed E-state index contributed by atoms with van der Waals surface area (Å²) in [6.07, 6.45) is 1.80. The number of nitrogens with zero attached hydrogens (tertiary/aromatic N) is 5. The van der Waals surface area contributed by atoms with Crippen molar-refractivity contribution in [3.05, 3.63) is 36.7 Å². The molecular formula is C19H25N7O. The summed E-state index contributed by atoms with van der Waals surface area (Å²) in [7, 11) is 0. The molecule has 1 aliphatic heterocycles. The van der Waals surface area contributed by atoms with Crippen molar-refractivity contribution < 1.29 is 4.74 Å². The van der Waals surface area contributed by atoms with E-state index in [1.54, 1.807) is 6.33 Å². The van der Waals surface area contributed by atoms with Gasteiger partial charge in [0.25, 0.3) is 0 Å². The van der Waals surface area contributed by atoms with Crippen LogP contribution in [-0.4, -0.2) is 70.4 Å². The van der Waals surface area contributed by atoms with E-state index in [2.05, 4.69) is 30.5 Å². The first-order chi connectivity index (χ1) is 13.3. The van der Waals surface area contributed by atoms with Gasteiger partial charge in [-0.05, 0) is 19.1 Å². The van der Waals surface area contributed by atoms with Gasteiger partial charge in [0, 0.05) is 38.4 Å². The van der Waals surface area contributed by atoms with Gasteiger partial charge >= 0.3 is 0 Å². The topological polar surface area (TPSA) is 80.1 Å². The maximum Gasteiger partial charge on any atom is 0.226 e. The van der Waals surface area contributed by atoms with Crippen LogP contribution in [0.4, 0.5) is 11.8 Å². The molecule has 0 saturated carbocycles. The normalized spacial score (nSPS) is 15.1. The molecule has 4 rings (SSSR count). The molecule has 0 radical (unpaired) electrons. The average Bonchev–Trinajstić information content (AvgIpc) is 3.14. The van der Waals surface area contributed by atoms with Crippen LogP contribution >= 0.6 is 0 Å². The number of rotatable bonds is 7. The second kappa shape index (κ2) is 8.32. The summed E-state index contributed by atoms with van der Waals surface area (Å²) in [5.41, 5.74) is 2.60. The summed E-state index contributed by atoms with van der Waals surface area (Å²) in [4.78, 5) is 16.3. The van der Waals surface area contributed by atoms with Crippen LogP contribution in [0.25, 0.3) is 16.9 Å². The fourth-order valence-electron chi connectivity index (χ4n) is 3.20. The third-order valence-corrected chi connectivity index (χ3v) is 4.59. The molecule has 8 heteroatoms. The fourth-order valence-corrected chi connectivity index (χ4v) is 3.20. The number of anilines is 2. The molecule has 0 unspecified atom stereocenters. The van der Waals surface area contributed by atoms with Gasteiger partial charge in [-0.1, -0.05) is 18.2 Å². The van der Waals surface area contributed by atoms with E-state index in [9.17, 15) is 0 Å². The number of hydrogen-bond acceptors (Lipinski definition) is 7. The van der Waals surface area contributed by atoms with Crippen LogP contribution in [0.15, 0.2) is 36.7 Å². The van der Waals surface area contributed by atoms with Crippen LogP contribution in [0.2, 0.25) is 0 Å². The Morgan fingerprint density at radius 2 is 1.89 bits per heavy atom. The second-order valence-corrected chi connectivity index (χ2v) is 6.43. The molecule has 0 atom stereocenters. The molecule has 2 aromatic heterocycles. The van der Waals surface area contributed by atoms with Crippen LogP contribution < -0.4 is 10.6 Å². The van der Waals surface area contributed by atoms with Crippen molar-refractivity contribution in [3.8, 4) is 5.69 Å². The molecule has 0 aliphatic carbocycles. The highest BCUT2D eigenvalue weighted by Gasteiger charge is 2.15. The predicted molar refractivity (Wildman–Crippen MR) is 107 cm³/mol. The molecule has 27 heavy (non-hydrogen) atoms. The molecule has 1 saturated heterocycles. The number of ether oxygens (including phenoxy) is 1. The molecule has 2 N–H and O–H groups in total. The van der Waals surface area contributed by atoms with Crippen LogP contribution in [0.3, 0.4) is 0 Å². The van der Waals surface area contributed by atoms with E-state index in [4.69, 9.17) is 4.74 Å². The number of aromatic nitrogens is 4. The van der Waals surface area contributed by atoms with Crippen LogP contribution in [0.1, 0.15) is 6.92 Å². The molecule has 0 bridgehead atoms. The van der Waals surface area contributed by atoms with Crippen LogP contribution in [0.5, 0.6) is 0 Å². The Balaban J connectivity index is 1.59. The van der Waals surface area contributed by atoms with Crippen molar-refractivity contribution in [2.24, 2.45) is 0 Å². The van der Waals surface area contributed by atoms with E-state index in [-0.39, 0.29) is 0 Å². The average molecular weight is 367 g/mol. The lowest BCUT2D eigenvalue weighted by Crippen LogP contribution is -2.39. The number of morpholine rings is 1. The molecule has 3 aromatic rings. The van der Waals surface area contributed by atoms with Gasteiger partial charge in [-0.3, -0.25) is 9.47 Å². The minimum atomic E-state index is 0.608. The number of fused-ring (bicyclic) bond motifs is 1. The Kier molecular flexibility index (Phi) is 5.45. The summed E-state index contributed by atoms with van der Waals surface area (Å²) in [5, 5.41) is 6.67. The third-order valence-electron chi connectivity index (χ3n) is 4.59. The monoisotopic (exact) mass is 367 g/mol. The van der Waals surface area contributed by atoms with Gasteiger partial charge in [-0.15, -0.1) is 0 Å². The van der Waals surface area contributed by atoms with E-state index in [1.165, 1.54) is 0 Å². The van der Waals surface area contributed by atoms with Gasteiger partial charge in [0.05, 0.1) is 13.2 Å². The SMILES string of the molecule is CCNc1nc(NCCN2CCOCC2)c2ncn(-c3ccccc3)c2n1. The first-order valence-electron chi connectivity index (χ1n) is 9.43. The molecule has 0 spiro atoms. The Morgan fingerprint density at radius 3 is 2.67 bits per heavy atom. The highest BCUT2D eigenvalue weighted by Crippen LogP contribution is 2.23. The first kappa shape index (κ1) is 17.7. The van der Waals surface area contributed by atoms with E-state index in [0.29, 0.717) is 5.95 Å². The first-order valence-corrected chi connectivity index (χ1v) is 9.43. The van der Waals surface area contributed by atoms with Crippen molar-refractivity contribution in [1.29, 1.82) is 0 Å². The Labute approximate surface area is 158 Å². The molecule has 142 valence electrons. The molecule has 1 aromatic carbocycles. The van der Waals surface area contributed by atoms with E-state index >= 15 is 0 Å². The van der Waals surface area contributed by atoms with Crippen molar-refractivity contribution in [2.75, 3.05) is 56.6 Å². The van der Waals surface area contributed by atoms with Crippen molar-refractivity contribution in [1.82, 2.24) is 24.4 Å². The van der Waals surface area contributed by atoms with Crippen LogP contribution in [0, 0.1) is 0 Å². The molecule has 1 fully saturated rings. The largest absolute Gasteiger partial charge is 0.379 e. The zero-order chi connectivity index (χ0) is 18.5. The summed E-state index contributed by atoms with van der Waals surface area (Å²) in [5.74, 6) is 1.37. The van der Waals surface area contributed by atoms with Gasteiger partial charge < -0.3 is 15.4 Å². The zero-order valence-electron chi connectivity index (χ0n) is 15.6. The molecule has 0 amide bonds. The predicted octanol–water partition coefficient (Wildman–Crippen LogP) is 1.99. The summed E-state index contributed by atoms with van der Waals surface area (Å²) >= 11 is 0. The Morgan fingerprint density at radius 1 is 1.07 bits per heavy atom. The van der Waals surface area contributed by atoms with Gasteiger partial charge in [0.1, 0.15) is 6.33 Å². The number of para-hydroxylation sites is 1. The van der Waals surface area contributed by atoms with E-state index in [1.807, 2.05) is 41.8 Å². The lowest BCUT2D eigenvalue weighted by atomic mass is 10.3. The van der Waals surface area contributed by atoms with Crippen molar-refractivity contribution in [2.45, 2.75) is 6.92 Å². The van der Waals surface area contributed by atoms with Gasteiger partial charge in [0.15, 0.2) is 17.0 Å². The van der Waals surface area contributed by atoms with Crippen molar-refractivity contribution in [3.63, 3.8) is 0 Å². The Bertz CT molecular complexity index is 874. The van der Waals surface area contributed by atoms with Gasteiger partial charge in [-0.25, -0.2) is 4.98 Å². The molecule has 3 heterocycles. The maximum atomic E-state index is 5.41. The van der Waals surface area contributed by atoms with Crippen molar-refractivity contribution >= 4 is 22.9 Å². The fraction of sp³-hybridized carbons (Fsp3) is 0.421. The quantitative estimate of drug-likeness (QED) is 0.661. The lowest BCUT2D eigenvalue weighted by molar-refractivity contribution is 0.0398. The standard InChI is InChI=1S/C19H25N7O/c1-2-20-19-23-17(21-8-9-25-10-12-27-13-11-25)16-18(24-19)26(14-22-16)15-6-4-3-5-7-15/h3-7,14H,2,8-13H2,1H3,(H2,20,21,23,24). The third kappa shape index (κ3) is 4.01. The number of hydrogen-bond donors (Lipinski definition) is 2. The highest BCUT2D eigenvalue weighted by atomic mass is 16.5. The number of benzene rings is 1. The van der Waals surface area contributed by atoms with E-state index < -0.39 is 0 Å². The molecular weight excluding hydrogens is 342 g/mol. The summed E-state index contributed by atoms with van der Waals surface area (Å²) in [6, 6.07) is 10.1. The minimum absolute atomic E-state index is 0.608. The maximum absolute atomic E-state index is 5.41. The summed E-state index contributed by atoms with van der Waals surface area (Å²) in [6.45, 7) is 8.12. The smallest absolute Gasteiger partial charge is 0.226 e. The van der Waals surface area contributed by atoms with Gasteiger partial charge in [-0.2, -0.15) is 9.97 Å². The minimum Gasteiger partial charge on any atom is -0.379 e. The number of imidazole rings is 1. The highest BCUT2D eigenvalue weighted by molar-refractivity contribution is 5.85. The zero-order valence-corrected chi connectivity index (χ0v) is 15.6. The summed E-state index contributed by atoms with van der Waals surface area (Å²) < 4.78 is 7.40. The van der Waals surface area contributed by atoms with Gasteiger partial charge in [0.2, 0.25) is 5.95 Å². The lowest BCUT2D eigenvalue weighted by Gasteiger charge is -2.26. The molecule has 8 nitrogen and oxygen atoms in total. The van der Waals surface area contributed by atoms with E-state index in [0.717, 1.165) is 68.6 Å². The Hall–Kier alpha value is -2.71. The molecule has 1 aliphatic rings.